The van der Waals surface area contributed by atoms with E-state index in [-0.39, 0.29) is 11.3 Å². The molecule has 2 heterocycles. The lowest BCUT2D eigenvalue weighted by Crippen LogP contribution is -2.52. The van der Waals surface area contributed by atoms with Gasteiger partial charge in [-0.3, -0.25) is 4.90 Å². The van der Waals surface area contributed by atoms with Crippen molar-refractivity contribution in [1.82, 2.24) is 19.9 Å². The number of sulfone groups is 1. The van der Waals surface area contributed by atoms with Crippen LogP contribution in [-0.4, -0.2) is 66.3 Å². The molecule has 0 bridgehead atoms. The van der Waals surface area contributed by atoms with Crippen LogP contribution < -0.4 is 4.90 Å². The normalized spacial score (nSPS) is 17.4. The lowest BCUT2D eigenvalue weighted by Gasteiger charge is -2.43. The maximum atomic E-state index is 15.2. The van der Waals surface area contributed by atoms with E-state index in [9.17, 15) is 12.8 Å². The Morgan fingerprint density at radius 2 is 1.83 bits per heavy atom. The maximum absolute atomic E-state index is 15.2. The van der Waals surface area contributed by atoms with Crippen molar-refractivity contribution in [2.75, 3.05) is 36.8 Å². The maximum Gasteiger partial charge on any atom is 0.156 e. The molecule has 0 N–H and O–H groups in total. The van der Waals surface area contributed by atoms with Gasteiger partial charge in [0.25, 0.3) is 0 Å². The van der Waals surface area contributed by atoms with Gasteiger partial charge in [-0.2, -0.15) is 0 Å². The number of hydrogen-bond acceptors (Lipinski definition) is 6. The zero-order chi connectivity index (χ0) is 25.3. The van der Waals surface area contributed by atoms with Gasteiger partial charge in [-0.25, -0.2) is 21.9 Å². The van der Waals surface area contributed by atoms with E-state index >= 15 is 4.39 Å². The summed E-state index contributed by atoms with van der Waals surface area (Å²) in [5, 5.41) is 8.12. The van der Waals surface area contributed by atoms with Crippen molar-refractivity contribution in [3.63, 3.8) is 0 Å². The number of aromatic nitrogens is 3. The molecule has 1 saturated carbocycles. The third kappa shape index (κ3) is 5.15. The molecule has 2 fully saturated rings. The molecule has 2 aliphatic rings. The molecule has 3 aromatic rings. The van der Waals surface area contributed by atoms with Gasteiger partial charge in [-0.05, 0) is 37.5 Å². The van der Waals surface area contributed by atoms with Gasteiger partial charge in [0.1, 0.15) is 11.4 Å². The molecule has 7 nitrogen and oxygen atoms in total. The summed E-state index contributed by atoms with van der Waals surface area (Å²) in [6.45, 7) is 5.75. The molecular weight excluding hydrogens is 484 g/mol. The zero-order valence-electron chi connectivity index (χ0n) is 20.4. The van der Waals surface area contributed by atoms with Gasteiger partial charge in [0.15, 0.2) is 21.5 Å². The van der Waals surface area contributed by atoms with E-state index in [0.29, 0.717) is 12.1 Å². The average molecular weight is 516 g/mol. The first-order valence-electron chi connectivity index (χ1n) is 12.5. The van der Waals surface area contributed by atoms with E-state index in [4.69, 9.17) is 0 Å². The summed E-state index contributed by atoms with van der Waals surface area (Å²) in [4.78, 5) is 4.93. The van der Waals surface area contributed by atoms with Crippen molar-refractivity contribution in [3.05, 3.63) is 59.8 Å². The Morgan fingerprint density at radius 3 is 2.53 bits per heavy atom. The van der Waals surface area contributed by atoms with Gasteiger partial charge in [-0.15, -0.1) is 5.10 Å². The van der Waals surface area contributed by atoms with E-state index in [2.05, 4.69) is 26.2 Å². The Hall–Kier alpha value is -2.85. The zero-order valence-corrected chi connectivity index (χ0v) is 21.2. The Bertz CT molecular complexity index is 1330. The molecule has 0 spiro atoms. The van der Waals surface area contributed by atoms with Crippen molar-refractivity contribution in [1.29, 1.82) is 0 Å². The van der Waals surface area contributed by atoms with E-state index < -0.39 is 32.9 Å². The van der Waals surface area contributed by atoms with Crippen LogP contribution in [0.2, 0.25) is 0 Å². The average Bonchev–Trinajstić information content (AvgIpc) is 3.30. The number of rotatable bonds is 8. The molecule has 1 aliphatic carbocycles. The molecule has 192 valence electrons. The Balaban J connectivity index is 1.36. The number of anilines is 1. The Kier molecular flexibility index (Phi) is 7.07. The van der Waals surface area contributed by atoms with Crippen LogP contribution in [0.5, 0.6) is 0 Å². The monoisotopic (exact) mass is 515 g/mol. The highest BCUT2D eigenvalue weighted by molar-refractivity contribution is 7.90. The van der Waals surface area contributed by atoms with E-state index in [1.54, 1.807) is 6.92 Å². The molecule has 0 amide bonds. The Labute approximate surface area is 210 Å². The first-order chi connectivity index (χ1) is 17.3. The molecule has 0 radical (unpaired) electrons. The van der Waals surface area contributed by atoms with Crippen molar-refractivity contribution in [2.45, 2.75) is 44.4 Å². The van der Waals surface area contributed by atoms with Crippen molar-refractivity contribution in [2.24, 2.45) is 0 Å². The van der Waals surface area contributed by atoms with Gasteiger partial charge in [-0.1, -0.05) is 36.8 Å². The summed E-state index contributed by atoms with van der Waals surface area (Å²) >= 11 is 0. The van der Waals surface area contributed by atoms with Crippen LogP contribution in [0.4, 0.5) is 14.5 Å². The van der Waals surface area contributed by atoms with Crippen LogP contribution >= 0.6 is 0 Å². The van der Waals surface area contributed by atoms with Crippen LogP contribution in [0.3, 0.4) is 0 Å². The molecule has 5 rings (SSSR count). The molecule has 1 aromatic heterocycles. The van der Waals surface area contributed by atoms with Crippen LogP contribution in [0.25, 0.3) is 16.9 Å². The summed E-state index contributed by atoms with van der Waals surface area (Å²) in [6.07, 6.45) is 5.86. The van der Waals surface area contributed by atoms with Gasteiger partial charge in [0, 0.05) is 49.0 Å². The van der Waals surface area contributed by atoms with Crippen molar-refractivity contribution in [3.8, 4) is 16.9 Å². The van der Waals surface area contributed by atoms with Gasteiger partial charge >= 0.3 is 0 Å². The molecule has 1 saturated heterocycles. The minimum atomic E-state index is -3.49. The number of piperazine rings is 1. The minimum absolute atomic E-state index is 0.0570. The summed E-state index contributed by atoms with van der Waals surface area (Å²) in [7, 11) is -3.49. The topological polar surface area (TPSA) is 71.3 Å². The fourth-order valence-corrected chi connectivity index (χ4v) is 6.45. The second kappa shape index (κ2) is 10.3. The fourth-order valence-electron chi connectivity index (χ4n) is 4.99. The van der Waals surface area contributed by atoms with Gasteiger partial charge in [0.2, 0.25) is 0 Å². The summed E-state index contributed by atoms with van der Waals surface area (Å²) < 4.78 is 55.3. The van der Waals surface area contributed by atoms with E-state index in [1.807, 2.05) is 18.2 Å². The summed E-state index contributed by atoms with van der Waals surface area (Å²) in [6, 6.07) is 10.9. The van der Waals surface area contributed by atoms with Crippen LogP contribution in [0, 0.1) is 11.6 Å². The predicted octanol–water partition coefficient (Wildman–Crippen LogP) is 4.21. The largest absolute Gasteiger partial charge is 0.369 e. The smallest absolute Gasteiger partial charge is 0.156 e. The second-order valence-electron chi connectivity index (χ2n) is 9.67. The quantitative estimate of drug-likeness (QED) is 0.448. The lowest BCUT2D eigenvalue weighted by molar-refractivity contribution is 0.120. The van der Waals surface area contributed by atoms with Crippen LogP contribution in [0.15, 0.2) is 42.6 Å². The third-order valence-electron chi connectivity index (χ3n) is 7.17. The van der Waals surface area contributed by atoms with E-state index in [1.165, 1.54) is 31.5 Å². The predicted molar refractivity (Wildman–Crippen MR) is 136 cm³/mol. The minimum Gasteiger partial charge on any atom is -0.369 e. The number of halogens is 2. The van der Waals surface area contributed by atoms with E-state index in [0.717, 1.165) is 54.2 Å². The van der Waals surface area contributed by atoms with Gasteiger partial charge < -0.3 is 4.90 Å². The van der Waals surface area contributed by atoms with Crippen molar-refractivity contribution >= 4 is 15.5 Å². The Morgan fingerprint density at radius 1 is 1.06 bits per heavy atom. The highest BCUT2D eigenvalue weighted by atomic mass is 32.2. The van der Waals surface area contributed by atoms with Gasteiger partial charge in [0.05, 0.1) is 17.7 Å². The number of hydrogen-bond donors (Lipinski definition) is 0. The number of nitrogens with zero attached hydrogens (tertiary/aromatic N) is 5. The van der Waals surface area contributed by atoms with Crippen molar-refractivity contribution < 1.29 is 17.2 Å². The highest BCUT2D eigenvalue weighted by Crippen LogP contribution is 2.29. The third-order valence-corrected chi connectivity index (χ3v) is 8.95. The highest BCUT2D eigenvalue weighted by Gasteiger charge is 2.28. The standard InChI is InChI=1S/C26H31F2N5O2S/c1-2-15-36(34,35)18-20-9-10-23(27)26(25(20)28)33-17-24(29-30-33)19-5-3-8-22(16-19)32-13-11-31(12-14-32)21-6-4-7-21/h3,5,8-10,16-17,21H,2,4,6-7,11-15,18H2,1H3. The molecule has 1 aliphatic heterocycles. The lowest BCUT2D eigenvalue weighted by atomic mass is 9.91. The molecule has 36 heavy (non-hydrogen) atoms. The first kappa shape index (κ1) is 24.8. The molecule has 2 aromatic carbocycles. The molecule has 10 heteroatoms. The van der Waals surface area contributed by atoms with Crippen LogP contribution in [-0.2, 0) is 15.6 Å². The second-order valence-corrected chi connectivity index (χ2v) is 11.9. The molecular formula is C26H31F2N5O2S. The fraction of sp³-hybridized carbons (Fsp3) is 0.462. The summed E-state index contributed by atoms with van der Waals surface area (Å²) in [5.41, 5.74) is 1.84. The van der Waals surface area contributed by atoms with Crippen LogP contribution in [0.1, 0.15) is 38.2 Å². The molecule has 0 atom stereocenters. The number of benzene rings is 2. The summed E-state index contributed by atoms with van der Waals surface area (Å²) in [5.74, 6) is -2.32. The molecule has 0 unspecified atom stereocenters. The SMILES string of the molecule is CCCS(=O)(=O)Cc1ccc(F)c(-n2cc(-c3cccc(N4CCN(C5CCC5)CC4)c3)nn2)c1F. The first-order valence-corrected chi connectivity index (χ1v) is 14.4.